The third-order valence-electron chi connectivity index (χ3n) is 4.50. The van der Waals surface area contributed by atoms with E-state index in [0.717, 1.165) is 44.9 Å². The van der Waals surface area contributed by atoms with Crippen LogP contribution >= 0.6 is 0 Å². The quantitative estimate of drug-likeness (QED) is 0.823. The smallest absolute Gasteiger partial charge is 0.245 e. The highest BCUT2D eigenvalue weighted by Gasteiger charge is 2.40. The van der Waals surface area contributed by atoms with E-state index in [4.69, 9.17) is 0 Å². The summed E-state index contributed by atoms with van der Waals surface area (Å²) in [5.41, 5.74) is -0.637. The van der Waals surface area contributed by atoms with Gasteiger partial charge in [-0.1, -0.05) is 38.5 Å². The average molecular weight is 266 g/mol. The van der Waals surface area contributed by atoms with Gasteiger partial charge in [0.05, 0.1) is 0 Å². The molecule has 2 N–H and O–H groups in total. The van der Waals surface area contributed by atoms with Gasteiger partial charge in [-0.25, -0.2) is 0 Å². The van der Waals surface area contributed by atoms with Crippen molar-refractivity contribution in [3.8, 4) is 0 Å². The van der Waals surface area contributed by atoms with Crippen molar-refractivity contribution < 1.29 is 9.59 Å². The van der Waals surface area contributed by atoms with Gasteiger partial charge in [-0.05, 0) is 25.7 Å². The molecule has 19 heavy (non-hydrogen) atoms. The lowest BCUT2D eigenvalue weighted by molar-refractivity contribution is -0.135. The predicted molar refractivity (Wildman–Crippen MR) is 74.6 cm³/mol. The van der Waals surface area contributed by atoms with E-state index in [1.165, 1.54) is 26.2 Å². The molecular formula is C15H26N2O2. The molecule has 108 valence electrons. The van der Waals surface area contributed by atoms with Crippen LogP contribution in [0, 0.1) is 0 Å². The van der Waals surface area contributed by atoms with Crippen molar-refractivity contribution in [3.05, 3.63) is 0 Å². The minimum atomic E-state index is -0.637. The number of carbonyl (C=O) groups is 2. The van der Waals surface area contributed by atoms with E-state index < -0.39 is 5.54 Å². The van der Waals surface area contributed by atoms with Crippen LogP contribution in [0.3, 0.4) is 0 Å². The van der Waals surface area contributed by atoms with Gasteiger partial charge in [0.2, 0.25) is 11.8 Å². The molecule has 2 aliphatic rings. The highest BCUT2D eigenvalue weighted by molar-refractivity contribution is 5.91. The average Bonchev–Trinajstić information content (AvgIpc) is 2.40. The molecule has 0 aromatic carbocycles. The van der Waals surface area contributed by atoms with Gasteiger partial charge in [-0.2, -0.15) is 0 Å². The van der Waals surface area contributed by atoms with Gasteiger partial charge in [-0.3, -0.25) is 9.59 Å². The summed E-state index contributed by atoms with van der Waals surface area (Å²) in [6.07, 6.45) is 10.6. The molecule has 0 saturated heterocycles. The Labute approximate surface area is 115 Å². The Bertz CT molecular complexity index is 329. The Morgan fingerprint density at radius 1 is 0.947 bits per heavy atom. The molecule has 2 saturated carbocycles. The van der Waals surface area contributed by atoms with Gasteiger partial charge in [-0.15, -0.1) is 0 Å². The minimum absolute atomic E-state index is 0.0503. The van der Waals surface area contributed by atoms with E-state index in [1.54, 1.807) is 0 Å². The molecule has 2 rings (SSSR count). The van der Waals surface area contributed by atoms with Crippen molar-refractivity contribution >= 4 is 11.8 Å². The summed E-state index contributed by atoms with van der Waals surface area (Å²) in [5.74, 6) is -0.0463. The first-order chi connectivity index (χ1) is 9.12. The minimum Gasteiger partial charge on any atom is -0.351 e. The molecule has 2 aliphatic carbocycles. The highest BCUT2D eigenvalue weighted by Crippen LogP contribution is 2.29. The molecule has 0 aromatic heterocycles. The van der Waals surface area contributed by atoms with Crippen molar-refractivity contribution in [2.75, 3.05) is 0 Å². The monoisotopic (exact) mass is 266 g/mol. The van der Waals surface area contributed by atoms with Gasteiger partial charge >= 0.3 is 0 Å². The molecular weight excluding hydrogens is 240 g/mol. The van der Waals surface area contributed by atoms with Crippen molar-refractivity contribution in [1.82, 2.24) is 10.6 Å². The summed E-state index contributed by atoms with van der Waals surface area (Å²) >= 11 is 0. The van der Waals surface area contributed by atoms with Crippen molar-refractivity contribution in [1.29, 1.82) is 0 Å². The van der Waals surface area contributed by atoms with Crippen LogP contribution in [0.25, 0.3) is 0 Å². The van der Waals surface area contributed by atoms with Crippen LogP contribution in [0.5, 0.6) is 0 Å². The van der Waals surface area contributed by atoms with E-state index in [9.17, 15) is 9.59 Å². The van der Waals surface area contributed by atoms with E-state index in [0.29, 0.717) is 6.04 Å². The molecule has 2 amide bonds. The molecule has 4 heteroatoms. The molecule has 4 nitrogen and oxygen atoms in total. The summed E-state index contributed by atoms with van der Waals surface area (Å²) in [7, 11) is 0. The maximum Gasteiger partial charge on any atom is 0.245 e. The number of nitrogens with one attached hydrogen (secondary N) is 2. The molecule has 0 radical (unpaired) electrons. The number of hydrogen-bond donors (Lipinski definition) is 2. The van der Waals surface area contributed by atoms with Gasteiger partial charge in [0, 0.05) is 13.0 Å². The summed E-state index contributed by atoms with van der Waals surface area (Å²) < 4.78 is 0. The van der Waals surface area contributed by atoms with E-state index in [1.807, 2.05) is 0 Å². The second kappa shape index (κ2) is 6.40. The fourth-order valence-corrected chi connectivity index (χ4v) is 3.47. The lowest BCUT2D eigenvalue weighted by Crippen LogP contribution is -2.60. The van der Waals surface area contributed by atoms with Crippen LogP contribution in [0.4, 0.5) is 0 Å². The van der Waals surface area contributed by atoms with Crippen molar-refractivity contribution in [2.45, 2.75) is 82.7 Å². The van der Waals surface area contributed by atoms with E-state index in [-0.39, 0.29) is 11.8 Å². The molecule has 0 spiro atoms. The standard InChI is InChI=1S/C15H26N2O2/c1-12(18)17-15(10-6-3-7-11-15)14(19)16-13-8-4-2-5-9-13/h13H,2-11H2,1H3,(H,16,19)(H,17,18). The maximum absolute atomic E-state index is 12.6. The van der Waals surface area contributed by atoms with Crippen LogP contribution in [0.2, 0.25) is 0 Å². The van der Waals surface area contributed by atoms with Crippen LogP contribution in [0.15, 0.2) is 0 Å². The Kier molecular flexibility index (Phi) is 4.83. The molecule has 0 heterocycles. The lowest BCUT2D eigenvalue weighted by atomic mass is 9.80. The van der Waals surface area contributed by atoms with Crippen LogP contribution in [0.1, 0.15) is 71.1 Å². The van der Waals surface area contributed by atoms with Crippen molar-refractivity contribution in [2.24, 2.45) is 0 Å². The third-order valence-corrected chi connectivity index (χ3v) is 4.50. The number of carbonyl (C=O) groups excluding carboxylic acids is 2. The Morgan fingerprint density at radius 3 is 2.11 bits per heavy atom. The van der Waals surface area contributed by atoms with E-state index >= 15 is 0 Å². The van der Waals surface area contributed by atoms with Gasteiger partial charge < -0.3 is 10.6 Å². The Hall–Kier alpha value is -1.06. The molecule has 0 atom stereocenters. The fraction of sp³-hybridized carbons (Fsp3) is 0.867. The molecule has 2 fully saturated rings. The van der Waals surface area contributed by atoms with Gasteiger partial charge in [0.15, 0.2) is 0 Å². The first kappa shape index (κ1) is 14.4. The first-order valence-electron chi connectivity index (χ1n) is 7.72. The maximum atomic E-state index is 12.6. The molecule has 0 unspecified atom stereocenters. The summed E-state index contributed by atoms with van der Waals surface area (Å²) in [6, 6.07) is 0.314. The normalized spacial score (nSPS) is 23.6. The number of rotatable bonds is 3. The summed E-state index contributed by atoms with van der Waals surface area (Å²) in [5, 5.41) is 6.11. The summed E-state index contributed by atoms with van der Waals surface area (Å²) in [6.45, 7) is 1.50. The SMILES string of the molecule is CC(=O)NC1(C(=O)NC2CCCCC2)CCCCC1. The van der Waals surface area contributed by atoms with Crippen LogP contribution < -0.4 is 10.6 Å². The molecule has 0 aromatic rings. The zero-order valence-electron chi connectivity index (χ0n) is 12.0. The van der Waals surface area contributed by atoms with Crippen molar-refractivity contribution in [3.63, 3.8) is 0 Å². The molecule has 0 aliphatic heterocycles. The van der Waals surface area contributed by atoms with Crippen LogP contribution in [-0.4, -0.2) is 23.4 Å². The topological polar surface area (TPSA) is 58.2 Å². The number of amides is 2. The molecule has 0 bridgehead atoms. The largest absolute Gasteiger partial charge is 0.351 e. The highest BCUT2D eigenvalue weighted by atomic mass is 16.2. The summed E-state index contributed by atoms with van der Waals surface area (Å²) in [4.78, 5) is 24.0. The predicted octanol–water partition coefficient (Wildman–Crippen LogP) is 2.27. The van der Waals surface area contributed by atoms with Gasteiger partial charge in [0.25, 0.3) is 0 Å². The second-order valence-corrected chi connectivity index (χ2v) is 6.13. The van der Waals surface area contributed by atoms with Crippen LogP contribution in [-0.2, 0) is 9.59 Å². The Morgan fingerprint density at radius 2 is 1.53 bits per heavy atom. The zero-order valence-corrected chi connectivity index (χ0v) is 12.0. The first-order valence-corrected chi connectivity index (χ1v) is 7.72. The number of hydrogen-bond acceptors (Lipinski definition) is 2. The second-order valence-electron chi connectivity index (χ2n) is 6.13. The van der Waals surface area contributed by atoms with E-state index in [2.05, 4.69) is 10.6 Å². The third kappa shape index (κ3) is 3.71. The lowest BCUT2D eigenvalue weighted by Gasteiger charge is -2.38. The van der Waals surface area contributed by atoms with Gasteiger partial charge in [0.1, 0.15) is 5.54 Å². The Balaban J connectivity index is 1.99. The fourth-order valence-electron chi connectivity index (χ4n) is 3.47. The zero-order chi connectivity index (χ0) is 13.7.